The van der Waals surface area contributed by atoms with Crippen LogP contribution in [0.3, 0.4) is 0 Å². The fourth-order valence-electron chi connectivity index (χ4n) is 2.26. The smallest absolute Gasteiger partial charge is 0.184 e. The highest BCUT2D eigenvalue weighted by Gasteiger charge is 2.35. The molecule has 0 aromatic carbocycles. The van der Waals surface area contributed by atoms with Crippen molar-refractivity contribution in [3.8, 4) is 0 Å². The minimum atomic E-state index is -0.627. The molecule has 4 nitrogen and oxygen atoms in total. The molecule has 0 aliphatic carbocycles. The molecule has 0 amide bonds. The predicted molar refractivity (Wildman–Crippen MR) is 67.0 cm³/mol. The zero-order valence-corrected chi connectivity index (χ0v) is 10.7. The summed E-state index contributed by atoms with van der Waals surface area (Å²) in [4.78, 5) is 18.3. The van der Waals surface area contributed by atoms with Crippen molar-refractivity contribution in [1.29, 1.82) is 0 Å². The van der Waals surface area contributed by atoms with E-state index in [9.17, 15) is 9.18 Å². The molecule has 2 rings (SSSR count). The van der Waals surface area contributed by atoms with Crippen molar-refractivity contribution in [3.05, 3.63) is 29.8 Å². The van der Waals surface area contributed by atoms with Gasteiger partial charge in [-0.05, 0) is 19.9 Å². The van der Waals surface area contributed by atoms with Crippen molar-refractivity contribution in [3.63, 3.8) is 0 Å². The van der Waals surface area contributed by atoms with Gasteiger partial charge in [-0.25, -0.2) is 4.39 Å². The molecule has 0 atom stereocenters. The number of pyridine rings is 1. The van der Waals surface area contributed by atoms with Crippen molar-refractivity contribution in [2.45, 2.75) is 19.4 Å². The first-order valence-electron chi connectivity index (χ1n) is 6.13. The third-order valence-electron chi connectivity index (χ3n) is 3.43. The molecule has 0 unspecified atom stereocenters. The van der Waals surface area contributed by atoms with Crippen molar-refractivity contribution >= 4 is 5.78 Å². The Bertz CT molecular complexity index is 442. The molecule has 0 bridgehead atoms. The highest BCUT2D eigenvalue weighted by Crippen LogP contribution is 2.21. The Morgan fingerprint density at radius 2 is 2.06 bits per heavy atom. The Hall–Kier alpha value is -1.33. The molecule has 1 fully saturated rings. The molecule has 1 aromatic rings. The van der Waals surface area contributed by atoms with Crippen molar-refractivity contribution in [2.75, 3.05) is 26.2 Å². The van der Waals surface area contributed by atoms with Gasteiger partial charge in [0.25, 0.3) is 0 Å². The quantitative estimate of drug-likeness (QED) is 0.817. The fraction of sp³-hybridized carbons (Fsp3) is 0.538. The largest absolute Gasteiger partial charge is 0.314 e. The van der Waals surface area contributed by atoms with E-state index in [2.05, 4.69) is 15.2 Å². The molecule has 1 N–H and O–H groups in total. The maximum atomic E-state index is 13.1. The van der Waals surface area contributed by atoms with Crippen molar-refractivity contribution in [1.82, 2.24) is 15.2 Å². The van der Waals surface area contributed by atoms with Gasteiger partial charge in [-0.1, -0.05) is 0 Å². The zero-order chi connectivity index (χ0) is 13.2. The lowest BCUT2D eigenvalue weighted by atomic mass is 9.91. The SMILES string of the molecule is CC(C)(C(=O)c1cncc(F)c1)N1CCNCC1. The Labute approximate surface area is 106 Å². The molecule has 1 aliphatic heterocycles. The number of rotatable bonds is 3. The monoisotopic (exact) mass is 251 g/mol. The highest BCUT2D eigenvalue weighted by atomic mass is 19.1. The van der Waals surface area contributed by atoms with Gasteiger partial charge in [-0.3, -0.25) is 14.7 Å². The topological polar surface area (TPSA) is 45.2 Å². The third-order valence-corrected chi connectivity index (χ3v) is 3.43. The first kappa shape index (κ1) is 13.1. The first-order chi connectivity index (χ1) is 8.51. The van der Waals surface area contributed by atoms with Crippen molar-refractivity contribution < 1.29 is 9.18 Å². The third kappa shape index (κ3) is 2.57. The summed E-state index contributed by atoms with van der Waals surface area (Å²) in [5.41, 5.74) is -0.295. The minimum Gasteiger partial charge on any atom is -0.314 e. The molecule has 2 heterocycles. The molecule has 0 saturated carbocycles. The van der Waals surface area contributed by atoms with Crippen LogP contribution < -0.4 is 5.32 Å². The van der Waals surface area contributed by atoms with Crippen LogP contribution in [-0.4, -0.2) is 47.4 Å². The van der Waals surface area contributed by atoms with E-state index in [1.54, 1.807) is 0 Å². The van der Waals surface area contributed by atoms with E-state index in [1.807, 2.05) is 13.8 Å². The first-order valence-corrected chi connectivity index (χ1v) is 6.13. The molecular weight excluding hydrogens is 233 g/mol. The maximum absolute atomic E-state index is 13.1. The van der Waals surface area contributed by atoms with Crippen LogP contribution in [0.1, 0.15) is 24.2 Å². The number of aromatic nitrogens is 1. The Morgan fingerprint density at radius 3 is 2.67 bits per heavy atom. The van der Waals surface area contributed by atoms with E-state index >= 15 is 0 Å². The normalized spacial score (nSPS) is 17.7. The molecular formula is C13H18FN3O. The number of carbonyl (C=O) groups excluding carboxylic acids is 1. The van der Waals surface area contributed by atoms with Crippen LogP contribution in [0, 0.1) is 5.82 Å². The van der Waals surface area contributed by atoms with E-state index in [4.69, 9.17) is 0 Å². The average molecular weight is 251 g/mol. The number of nitrogens with zero attached hydrogens (tertiary/aromatic N) is 2. The van der Waals surface area contributed by atoms with Gasteiger partial charge in [0.15, 0.2) is 5.78 Å². The maximum Gasteiger partial charge on any atom is 0.184 e. The number of nitrogens with one attached hydrogen (secondary N) is 1. The van der Waals surface area contributed by atoms with E-state index in [0.717, 1.165) is 32.4 Å². The minimum absolute atomic E-state index is 0.0867. The Morgan fingerprint density at radius 1 is 1.39 bits per heavy atom. The zero-order valence-electron chi connectivity index (χ0n) is 10.7. The summed E-state index contributed by atoms with van der Waals surface area (Å²) in [6.45, 7) is 7.15. The fourth-order valence-corrected chi connectivity index (χ4v) is 2.26. The van der Waals surface area contributed by atoms with Gasteiger partial charge in [0.1, 0.15) is 5.82 Å². The molecule has 18 heavy (non-hydrogen) atoms. The van der Waals surface area contributed by atoms with Crippen molar-refractivity contribution in [2.24, 2.45) is 0 Å². The molecule has 0 spiro atoms. The average Bonchev–Trinajstić information content (AvgIpc) is 2.39. The number of ketones is 1. The van der Waals surface area contributed by atoms with Crippen LogP contribution in [0.4, 0.5) is 4.39 Å². The van der Waals surface area contributed by atoms with E-state index < -0.39 is 11.4 Å². The lowest BCUT2D eigenvalue weighted by molar-refractivity contribution is 0.0601. The van der Waals surface area contributed by atoms with Crippen LogP contribution in [-0.2, 0) is 0 Å². The second-order valence-electron chi connectivity index (χ2n) is 5.02. The van der Waals surface area contributed by atoms with Crippen LogP contribution in [0.5, 0.6) is 0 Å². The van der Waals surface area contributed by atoms with Crippen LogP contribution in [0.25, 0.3) is 0 Å². The van der Waals surface area contributed by atoms with Gasteiger partial charge in [-0.15, -0.1) is 0 Å². The van der Waals surface area contributed by atoms with E-state index in [0.29, 0.717) is 5.56 Å². The number of Topliss-reactive ketones (excluding diaryl/α,β-unsaturated/α-hetero) is 1. The summed E-state index contributed by atoms with van der Waals surface area (Å²) < 4.78 is 13.1. The van der Waals surface area contributed by atoms with Gasteiger partial charge in [0.2, 0.25) is 0 Å². The molecule has 1 aliphatic rings. The molecule has 1 saturated heterocycles. The second-order valence-corrected chi connectivity index (χ2v) is 5.02. The number of carbonyl (C=O) groups is 1. The molecule has 1 aromatic heterocycles. The molecule has 0 radical (unpaired) electrons. The Balaban J connectivity index is 2.20. The summed E-state index contributed by atoms with van der Waals surface area (Å²) in [6, 6.07) is 1.25. The number of piperazine rings is 1. The number of halogens is 1. The standard InChI is InChI=1S/C13H18FN3O/c1-13(2,17-5-3-15-4-6-17)12(18)10-7-11(14)9-16-8-10/h7-9,15H,3-6H2,1-2H3. The highest BCUT2D eigenvalue weighted by molar-refractivity contribution is 6.02. The van der Waals surface area contributed by atoms with Crippen LogP contribution in [0.15, 0.2) is 18.5 Å². The summed E-state index contributed by atoms with van der Waals surface area (Å²) in [5, 5.41) is 3.25. The lowest BCUT2D eigenvalue weighted by Crippen LogP contribution is -2.57. The van der Waals surface area contributed by atoms with Gasteiger partial charge >= 0.3 is 0 Å². The lowest BCUT2D eigenvalue weighted by Gasteiger charge is -2.39. The van der Waals surface area contributed by atoms with Gasteiger partial charge in [0.05, 0.1) is 11.7 Å². The van der Waals surface area contributed by atoms with Gasteiger partial charge in [-0.2, -0.15) is 0 Å². The predicted octanol–water partition coefficient (Wildman–Crippen LogP) is 1.09. The second kappa shape index (κ2) is 5.12. The molecule has 5 heteroatoms. The molecule has 98 valence electrons. The number of hydrogen-bond donors (Lipinski definition) is 1. The summed E-state index contributed by atoms with van der Waals surface area (Å²) in [5.74, 6) is -0.562. The van der Waals surface area contributed by atoms with Gasteiger partial charge in [0, 0.05) is 37.9 Å². The summed E-state index contributed by atoms with van der Waals surface area (Å²) in [6.07, 6.45) is 2.53. The summed E-state index contributed by atoms with van der Waals surface area (Å²) in [7, 11) is 0. The summed E-state index contributed by atoms with van der Waals surface area (Å²) >= 11 is 0. The van der Waals surface area contributed by atoms with E-state index in [1.165, 1.54) is 12.3 Å². The number of hydrogen-bond acceptors (Lipinski definition) is 4. The van der Waals surface area contributed by atoms with E-state index in [-0.39, 0.29) is 5.78 Å². The Kier molecular flexibility index (Phi) is 3.73. The van der Waals surface area contributed by atoms with Crippen LogP contribution in [0.2, 0.25) is 0 Å². The van der Waals surface area contributed by atoms with Crippen LogP contribution >= 0.6 is 0 Å². The van der Waals surface area contributed by atoms with Gasteiger partial charge < -0.3 is 5.32 Å².